The molecule has 63 heavy (non-hydrogen) atoms. The molecule has 3 aromatic carbocycles. The lowest BCUT2D eigenvalue weighted by Gasteiger charge is -2.40. The number of anilines is 2. The Labute approximate surface area is 367 Å². The summed E-state index contributed by atoms with van der Waals surface area (Å²) in [5, 5.41) is 10.5. The molecule has 4 atom stereocenters. The van der Waals surface area contributed by atoms with Gasteiger partial charge in [-0.05, 0) is 98.3 Å². The van der Waals surface area contributed by atoms with Crippen molar-refractivity contribution in [3.8, 4) is 28.8 Å². The third-order valence-corrected chi connectivity index (χ3v) is 13.4. The number of carboxylic acid groups (broad SMARTS) is 1. The maximum Gasteiger partial charge on any atom is 0.418 e. The van der Waals surface area contributed by atoms with Gasteiger partial charge >= 0.3 is 18.3 Å². The number of rotatable bonds is 12. The van der Waals surface area contributed by atoms with E-state index in [0.29, 0.717) is 80.5 Å². The summed E-state index contributed by atoms with van der Waals surface area (Å²) < 4.78 is 77.7. The van der Waals surface area contributed by atoms with Gasteiger partial charge in [0.2, 0.25) is 0 Å². The van der Waals surface area contributed by atoms with Gasteiger partial charge in [0, 0.05) is 50.1 Å². The van der Waals surface area contributed by atoms with E-state index in [-0.39, 0.29) is 52.1 Å². The van der Waals surface area contributed by atoms with Crippen LogP contribution in [0.1, 0.15) is 54.4 Å². The highest BCUT2D eigenvalue weighted by Gasteiger charge is 2.50. The Kier molecular flexibility index (Phi) is 11.4. The largest absolute Gasteiger partial charge is 0.497 e. The first-order valence-electron chi connectivity index (χ1n) is 21.1. The van der Waals surface area contributed by atoms with E-state index in [2.05, 4.69) is 4.90 Å². The van der Waals surface area contributed by atoms with E-state index in [1.165, 1.54) is 24.0 Å². The third kappa shape index (κ3) is 8.34. The number of ether oxygens (including phenoxy) is 3. The smallest absolute Gasteiger partial charge is 0.418 e. The zero-order valence-corrected chi connectivity index (χ0v) is 35.9. The fraction of sp³-hybridized carbons (Fsp3) is 0.435. The van der Waals surface area contributed by atoms with Crippen LogP contribution in [-0.2, 0) is 19.3 Å². The topological polar surface area (TPSA) is 117 Å². The molecule has 4 fully saturated rings. The van der Waals surface area contributed by atoms with Crippen molar-refractivity contribution in [1.82, 2.24) is 24.8 Å². The second-order valence-corrected chi connectivity index (χ2v) is 17.5. The van der Waals surface area contributed by atoms with Crippen LogP contribution in [0.15, 0.2) is 66.7 Å². The van der Waals surface area contributed by atoms with Crippen molar-refractivity contribution >= 4 is 40.2 Å². The standard InChI is InChI=1S/C46H48ClF4N7O5/c1-27-17-39(55(21-28-5-11-33(61-2)12-6-28)22-29-7-13-34(62-3)14-8-29)53-41(40(27)46(49,50)51)35-19-38-36(18-37(35)47)42(56-24-31-9-10-32(25-56)58(31)44(59)60)54-43(52-38)63-26-45-15-4-16-57(45)23-30(48)20-45/h5-8,11-14,17-19,30-32H,4,9-10,15-16,20-26H2,1-3H3,(H,59,60)/t30-,31?,32?,45+/m1/s1. The van der Waals surface area contributed by atoms with Gasteiger partial charge in [-0.1, -0.05) is 35.9 Å². The van der Waals surface area contributed by atoms with E-state index in [9.17, 15) is 14.3 Å². The maximum absolute atomic E-state index is 15.3. The Hall–Kier alpha value is -5.61. The molecule has 1 N–H and O–H groups in total. The van der Waals surface area contributed by atoms with E-state index in [4.69, 9.17) is 40.8 Å². The molecule has 4 saturated heterocycles. The molecule has 2 unspecified atom stereocenters. The van der Waals surface area contributed by atoms with Crippen molar-refractivity contribution in [2.24, 2.45) is 0 Å². The summed E-state index contributed by atoms with van der Waals surface area (Å²) in [5.74, 6) is 2.06. The summed E-state index contributed by atoms with van der Waals surface area (Å²) in [7, 11) is 3.15. The molecule has 0 aliphatic carbocycles. The summed E-state index contributed by atoms with van der Waals surface area (Å²) in [6.45, 7) is 3.93. The first-order chi connectivity index (χ1) is 30.2. The number of hydrogen-bond donors (Lipinski definition) is 1. The maximum atomic E-state index is 15.3. The Balaban J connectivity index is 1.16. The Bertz CT molecular complexity index is 2450. The van der Waals surface area contributed by atoms with Crippen LogP contribution in [0.4, 0.5) is 34.0 Å². The van der Waals surface area contributed by atoms with Gasteiger partial charge in [-0.3, -0.25) is 9.80 Å². The Morgan fingerprint density at radius 1 is 0.921 bits per heavy atom. The first-order valence-corrected chi connectivity index (χ1v) is 21.5. The van der Waals surface area contributed by atoms with Crippen LogP contribution < -0.4 is 24.0 Å². The van der Waals surface area contributed by atoms with Crippen LogP contribution in [-0.4, -0.2) is 107 Å². The quantitative estimate of drug-likeness (QED) is 0.121. The minimum absolute atomic E-state index is 0.000000548. The van der Waals surface area contributed by atoms with E-state index in [1.807, 2.05) is 58.3 Å². The zero-order valence-electron chi connectivity index (χ0n) is 35.2. The van der Waals surface area contributed by atoms with Gasteiger partial charge in [0.05, 0.1) is 53.6 Å². The number of benzene rings is 3. The summed E-state index contributed by atoms with van der Waals surface area (Å²) in [4.78, 5) is 34.2. The number of methoxy groups -OCH3 is 2. The molecule has 4 aliphatic heterocycles. The molecule has 0 saturated carbocycles. The number of aryl methyl sites for hydroxylation is 1. The molecule has 17 heteroatoms. The lowest BCUT2D eigenvalue weighted by molar-refractivity contribution is -0.137. The number of piperazine rings is 1. The molecule has 9 rings (SSSR count). The highest BCUT2D eigenvalue weighted by Crippen LogP contribution is 2.45. The lowest BCUT2D eigenvalue weighted by atomic mass is 9.95. The van der Waals surface area contributed by atoms with Crippen LogP contribution in [0.2, 0.25) is 5.02 Å². The number of hydrogen-bond acceptors (Lipinski definition) is 10. The summed E-state index contributed by atoms with van der Waals surface area (Å²) in [6.07, 6.45) is -3.42. The van der Waals surface area contributed by atoms with Crippen molar-refractivity contribution in [2.45, 2.75) is 82.1 Å². The predicted molar refractivity (Wildman–Crippen MR) is 231 cm³/mol. The molecule has 6 heterocycles. The number of nitrogens with zero attached hydrogens (tertiary/aromatic N) is 7. The lowest BCUT2D eigenvalue weighted by Crippen LogP contribution is -2.55. The molecule has 5 aromatic rings. The Morgan fingerprint density at radius 3 is 2.14 bits per heavy atom. The van der Waals surface area contributed by atoms with Gasteiger partial charge in [0.1, 0.15) is 35.9 Å². The van der Waals surface area contributed by atoms with E-state index >= 15 is 13.2 Å². The minimum Gasteiger partial charge on any atom is -0.497 e. The highest BCUT2D eigenvalue weighted by atomic mass is 35.5. The van der Waals surface area contributed by atoms with Gasteiger partial charge in [-0.2, -0.15) is 23.1 Å². The molecule has 0 spiro atoms. The number of carbonyl (C=O) groups is 1. The molecule has 4 aliphatic rings. The molecule has 1 amide bonds. The fourth-order valence-corrected chi connectivity index (χ4v) is 10.4. The molecule has 2 bridgehead atoms. The fourth-order valence-electron chi connectivity index (χ4n) is 10.1. The molecule has 12 nitrogen and oxygen atoms in total. The van der Waals surface area contributed by atoms with E-state index in [1.54, 1.807) is 20.3 Å². The van der Waals surface area contributed by atoms with Gasteiger partial charge in [-0.25, -0.2) is 14.2 Å². The number of aromatic nitrogens is 3. The SMILES string of the molecule is COc1ccc(CN(Cc2ccc(OC)cc2)c2cc(C)c(C(F)(F)F)c(-c3cc4nc(OC[C@@]56CCCN5C[C@H](F)C6)nc(N5CC6CCC(C5)N6C(=O)O)c4cc3Cl)n2)cc1. The van der Waals surface area contributed by atoms with Crippen molar-refractivity contribution in [3.63, 3.8) is 0 Å². The number of alkyl halides is 4. The summed E-state index contributed by atoms with van der Waals surface area (Å²) in [6, 6.07) is 18.8. The average Bonchev–Trinajstić information content (AvgIpc) is 3.88. The van der Waals surface area contributed by atoms with E-state index in [0.717, 1.165) is 30.5 Å². The molecular formula is C46H48ClF4N7O5. The Morgan fingerprint density at radius 2 is 1.56 bits per heavy atom. The van der Waals surface area contributed by atoms with Crippen LogP contribution in [0.25, 0.3) is 22.2 Å². The number of fused-ring (bicyclic) bond motifs is 4. The van der Waals surface area contributed by atoms with Crippen molar-refractivity contribution in [2.75, 3.05) is 56.8 Å². The first kappa shape index (κ1) is 42.7. The second-order valence-electron chi connectivity index (χ2n) is 17.1. The molecular weight excluding hydrogens is 842 g/mol. The van der Waals surface area contributed by atoms with Crippen LogP contribution in [0.3, 0.4) is 0 Å². The molecule has 2 aromatic heterocycles. The van der Waals surface area contributed by atoms with Crippen LogP contribution in [0, 0.1) is 6.92 Å². The predicted octanol–water partition coefficient (Wildman–Crippen LogP) is 9.18. The summed E-state index contributed by atoms with van der Waals surface area (Å²) >= 11 is 7.09. The minimum atomic E-state index is -4.81. The third-order valence-electron chi connectivity index (χ3n) is 13.1. The average molecular weight is 890 g/mol. The highest BCUT2D eigenvalue weighted by molar-refractivity contribution is 6.34. The molecule has 332 valence electrons. The van der Waals surface area contributed by atoms with Crippen molar-refractivity contribution in [1.29, 1.82) is 0 Å². The summed E-state index contributed by atoms with van der Waals surface area (Å²) in [5.41, 5.74) is 0.179. The number of amides is 1. The van der Waals surface area contributed by atoms with Crippen LogP contribution >= 0.6 is 11.6 Å². The molecule has 0 radical (unpaired) electrons. The van der Waals surface area contributed by atoms with Gasteiger partial charge < -0.3 is 29.1 Å². The van der Waals surface area contributed by atoms with Gasteiger partial charge in [-0.15, -0.1) is 0 Å². The number of pyridine rings is 1. The van der Waals surface area contributed by atoms with Gasteiger partial charge in [0.15, 0.2) is 0 Å². The normalized spacial score (nSPS) is 22.1. The number of halogens is 5. The second kappa shape index (κ2) is 16.8. The van der Waals surface area contributed by atoms with Crippen molar-refractivity contribution < 1.29 is 41.7 Å². The van der Waals surface area contributed by atoms with E-state index < -0.39 is 29.5 Å². The van der Waals surface area contributed by atoms with Crippen LogP contribution in [0.5, 0.6) is 17.5 Å². The zero-order chi connectivity index (χ0) is 44.2. The monoisotopic (exact) mass is 889 g/mol. The van der Waals surface area contributed by atoms with Crippen molar-refractivity contribution in [3.05, 3.63) is 94.0 Å². The van der Waals surface area contributed by atoms with Gasteiger partial charge in [0.25, 0.3) is 0 Å².